The van der Waals surface area contributed by atoms with Gasteiger partial charge in [-0.2, -0.15) is 0 Å². The summed E-state index contributed by atoms with van der Waals surface area (Å²) in [4.78, 5) is 7.93. The zero-order valence-electron chi connectivity index (χ0n) is 8.46. The molecule has 0 N–H and O–H groups in total. The maximum atomic E-state index is 4.18. The van der Waals surface area contributed by atoms with E-state index in [0.717, 1.165) is 12.1 Å². The van der Waals surface area contributed by atoms with E-state index in [9.17, 15) is 0 Å². The van der Waals surface area contributed by atoms with Crippen molar-refractivity contribution in [3.8, 4) is 0 Å². The first-order chi connectivity index (χ1) is 5.52. The van der Waals surface area contributed by atoms with Gasteiger partial charge < -0.3 is 0 Å². The highest BCUT2D eigenvalue weighted by Crippen LogP contribution is 2.23. The highest BCUT2D eigenvalue weighted by atomic mass is 14.7. The minimum absolute atomic E-state index is 0.0971. The summed E-state index contributed by atoms with van der Waals surface area (Å²) in [6.07, 6.45) is 3.63. The number of rotatable bonds is 3. The van der Waals surface area contributed by atoms with E-state index >= 15 is 0 Å². The van der Waals surface area contributed by atoms with Crippen molar-refractivity contribution in [3.05, 3.63) is 11.8 Å². The first-order valence-electron chi connectivity index (χ1n) is 4.18. The van der Waals surface area contributed by atoms with Gasteiger partial charge in [-0.25, -0.2) is 0 Å². The van der Waals surface area contributed by atoms with Crippen LogP contribution in [0.3, 0.4) is 0 Å². The van der Waals surface area contributed by atoms with Crippen LogP contribution < -0.4 is 0 Å². The fourth-order valence-electron chi connectivity index (χ4n) is 0.709. The van der Waals surface area contributed by atoms with E-state index in [1.165, 1.54) is 0 Å². The second-order valence-electron chi connectivity index (χ2n) is 3.64. The van der Waals surface area contributed by atoms with Crippen LogP contribution in [0.25, 0.3) is 0 Å². The first kappa shape index (κ1) is 11.1. The van der Waals surface area contributed by atoms with Gasteiger partial charge in [-0.1, -0.05) is 20.8 Å². The third kappa shape index (κ3) is 4.06. The smallest absolute Gasteiger partial charge is 0.0361 e. The quantitative estimate of drug-likeness (QED) is 0.576. The molecule has 0 aromatic carbocycles. The van der Waals surface area contributed by atoms with E-state index in [4.69, 9.17) is 0 Å². The minimum Gasteiger partial charge on any atom is -0.293 e. The zero-order chi connectivity index (χ0) is 9.61. The molecule has 0 rings (SSSR count). The van der Waals surface area contributed by atoms with Gasteiger partial charge in [-0.3, -0.25) is 9.98 Å². The summed E-state index contributed by atoms with van der Waals surface area (Å²) in [6.45, 7) is 12.6. The molecule has 0 aromatic heterocycles. The third-order valence-corrected chi connectivity index (χ3v) is 1.51. The summed E-state index contributed by atoms with van der Waals surface area (Å²) >= 11 is 0. The van der Waals surface area contributed by atoms with Crippen LogP contribution in [0.4, 0.5) is 0 Å². The predicted octanol–water partition coefficient (Wildman–Crippen LogP) is 2.71. The molecule has 0 aliphatic carbocycles. The van der Waals surface area contributed by atoms with Crippen LogP contribution >= 0.6 is 0 Å². The largest absolute Gasteiger partial charge is 0.293 e. The molecule has 0 unspecified atom stereocenters. The Hall–Kier alpha value is -0.920. The van der Waals surface area contributed by atoms with Gasteiger partial charge >= 0.3 is 0 Å². The molecule has 0 bridgehead atoms. The topological polar surface area (TPSA) is 24.7 Å². The van der Waals surface area contributed by atoms with Crippen molar-refractivity contribution in [2.24, 2.45) is 15.4 Å². The molecule has 12 heavy (non-hydrogen) atoms. The third-order valence-electron chi connectivity index (χ3n) is 1.51. The Morgan fingerprint density at radius 1 is 1.42 bits per heavy atom. The van der Waals surface area contributed by atoms with Crippen LogP contribution in [0.15, 0.2) is 21.8 Å². The lowest BCUT2D eigenvalue weighted by atomic mass is 9.88. The molecule has 0 aromatic rings. The van der Waals surface area contributed by atoms with Crippen molar-refractivity contribution in [2.75, 3.05) is 6.54 Å². The van der Waals surface area contributed by atoms with E-state index in [-0.39, 0.29) is 5.41 Å². The van der Waals surface area contributed by atoms with Crippen LogP contribution in [0.1, 0.15) is 27.7 Å². The van der Waals surface area contributed by atoms with Crippen LogP contribution in [0.5, 0.6) is 0 Å². The van der Waals surface area contributed by atoms with Gasteiger partial charge in [0, 0.05) is 19.0 Å². The Balaban J connectivity index is 4.57. The van der Waals surface area contributed by atoms with E-state index in [2.05, 4.69) is 37.5 Å². The van der Waals surface area contributed by atoms with Crippen molar-refractivity contribution in [2.45, 2.75) is 27.7 Å². The van der Waals surface area contributed by atoms with Gasteiger partial charge in [0.15, 0.2) is 0 Å². The number of aliphatic imine (C=N–C) groups is 2. The number of nitrogens with zero attached hydrogens (tertiary/aromatic N) is 2. The van der Waals surface area contributed by atoms with Crippen molar-refractivity contribution in [3.63, 3.8) is 0 Å². The normalized spacial score (nSPS) is 13.8. The number of hydrogen-bond acceptors (Lipinski definition) is 2. The van der Waals surface area contributed by atoms with Gasteiger partial charge in [-0.05, 0) is 24.6 Å². The maximum absolute atomic E-state index is 4.18. The Labute approximate surface area is 75.1 Å². The van der Waals surface area contributed by atoms with Crippen LogP contribution in [-0.2, 0) is 0 Å². The standard InChI is InChI=1S/C10H18N2/c1-6-12-8-9(7-11-5)10(2,3)4/h7-8H,5-6H2,1-4H3/b9-7+,12-8-. The van der Waals surface area contributed by atoms with Gasteiger partial charge in [-0.15, -0.1) is 0 Å². The molecule has 68 valence electrons. The molecule has 0 saturated carbocycles. The van der Waals surface area contributed by atoms with Crippen molar-refractivity contribution in [1.82, 2.24) is 0 Å². The summed E-state index contributed by atoms with van der Waals surface area (Å²) in [6, 6.07) is 0. The lowest BCUT2D eigenvalue weighted by Crippen LogP contribution is -2.10. The molecule has 0 aliphatic heterocycles. The number of hydrogen-bond donors (Lipinski definition) is 0. The second-order valence-corrected chi connectivity index (χ2v) is 3.64. The summed E-state index contributed by atoms with van der Waals surface area (Å²) in [5, 5.41) is 0. The molecule has 0 aliphatic rings. The van der Waals surface area contributed by atoms with E-state index < -0.39 is 0 Å². The monoisotopic (exact) mass is 166 g/mol. The Morgan fingerprint density at radius 2 is 2.00 bits per heavy atom. The molecule has 0 fully saturated rings. The van der Waals surface area contributed by atoms with E-state index in [1.807, 2.05) is 13.1 Å². The van der Waals surface area contributed by atoms with Gasteiger partial charge in [0.1, 0.15) is 0 Å². The molecule has 0 saturated heterocycles. The molecule has 2 heteroatoms. The highest BCUT2D eigenvalue weighted by Gasteiger charge is 2.14. The summed E-state index contributed by atoms with van der Waals surface area (Å²) < 4.78 is 0. The van der Waals surface area contributed by atoms with Gasteiger partial charge in [0.2, 0.25) is 0 Å². The van der Waals surface area contributed by atoms with Crippen molar-refractivity contribution >= 4 is 12.9 Å². The summed E-state index contributed by atoms with van der Waals surface area (Å²) in [5.74, 6) is 0. The lowest BCUT2D eigenvalue weighted by Gasteiger charge is -2.18. The molecular formula is C10H18N2. The molecule has 0 atom stereocenters. The Bertz CT molecular complexity index is 194. The van der Waals surface area contributed by atoms with Crippen molar-refractivity contribution < 1.29 is 0 Å². The minimum atomic E-state index is 0.0971. The Morgan fingerprint density at radius 3 is 2.33 bits per heavy atom. The molecule has 0 amide bonds. The fraction of sp³-hybridized carbons (Fsp3) is 0.600. The molecule has 0 heterocycles. The molecular weight excluding hydrogens is 148 g/mol. The molecule has 0 radical (unpaired) electrons. The second kappa shape index (κ2) is 4.86. The van der Waals surface area contributed by atoms with Crippen LogP contribution in [-0.4, -0.2) is 19.5 Å². The SMILES string of the molecule is C=N/C=C(\C=N/CC)C(C)(C)C. The van der Waals surface area contributed by atoms with Crippen LogP contribution in [0.2, 0.25) is 0 Å². The first-order valence-corrected chi connectivity index (χ1v) is 4.18. The van der Waals surface area contributed by atoms with E-state index in [0.29, 0.717) is 0 Å². The summed E-state index contributed by atoms with van der Waals surface area (Å²) in [7, 11) is 0. The van der Waals surface area contributed by atoms with Crippen molar-refractivity contribution in [1.29, 1.82) is 0 Å². The van der Waals surface area contributed by atoms with Crippen LogP contribution in [0, 0.1) is 5.41 Å². The number of allylic oxidation sites excluding steroid dienone is 1. The lowest BCUT2D eigenvalue weighted by molar-refractivity contribution is 0.525. The van der Waals surface area contributed by atoms with E-state index in [1.54, 1.807) is 6.20 Å². The Kier molecular flexibility index (Phi) is 4.49. The average molecular weight is 166 g/mol. The summed E-state index contributed by atoms with van der Waals surface area (Å²) in [5.41, 5.74) is 1.21. The molecule has 2 nitrogen and oxygen atoms in total. The maximum Gasteiger partial charge on any atom is 0.0361 e. The molecule has 0 spiro atoms. The zero-order valence-corrected chi connectivity index (χ0v) is 8.46. The fourth-order valence-corrected chi connectivity index (χ4v) is 0.709. The average Bonchev–Trinajstić information content (AvgIpc) is 1.95. The van der Waals surface area contributed by atoms with Gasteiger partial charge in [0.25, 0.3) is 0 Å². The highest BCUT2D eigenvalue weighted by molar-refractivity contribution is 5.80. The van der Waals surface area contributed by atoms with Gasteiger partial charge in [0.05, 0.1) is 0 Å². The predicted molar refractivity (Wildman–Crippen MR) is 56.1 cm³/mol.